The van der Waals surface area contributed by atoms with Gasteiger partial charge >= 0.3 is 0 Å². The van der Waals surface area contributed by atoms with E-state index in [2.05, 4.69) is 24.8 Å². The summed E-state index contributed by atoms with van der Waals surface area (Å²) in [4.78, 5) is 5.58. The number of rotatable bonds is 5. The van der Waals surface area contributed by atoms with Crippen LogP contribution in [0.1, 0.15) is 54.8 Å². The van der Waals surface area contributed by atoms with Gasteiger partial charge in [-0.3, -0.25) is 0 Å². The van der Waals surface area contributed by atoms with Crippen molar-refractivity contribution in [3.63, 3.8) is 0 Å². The summed E-state index contributed by atoms with van der Waals surface area (Å²) >= 11 is 1.98. The maximum absolute atomic E-state index is 12.9. The molecule has 0 saturated carbocycles. The van der Waals surface area contributed by atoms with Crippen LogP contribution in [0.2, 0.25) is 0 Å². The molecule has 0 bridgehead atoms. The minimum atomic E-state index is -3.15. The van der Waals surface area contributed by atoms with Gasteiger partial charge in [0, 0.05) is 61.6 Å². The molecule has 0 unspecified atom stereocenters. The van der Waals surface area contributed by atoms with E-state index in [1.165, 1.54) is 15.3 Å². The molecular weight excluding hydrogens is 432 g/mol. The molecule has 31 heavy (non-hydrogen) atoms. The van der Waals surface area contributed by atoms with Crippen LogP contribution in [0.5, 0.6) is 0 Å². The van der Waals surface area contributed by atoms with Crippen molar-refractivity contribution < 1.29 is 17.9 Å². The Labute approximate surface area is 190 Å². The number of hydrogen-bond donors (Lipinski definition) is 0. The van der Waals surface area contributed by atoms with Gasteiger partial charge in [0.25, 0.3) is 0 Å². The van der Waals surface area contributed by atoms with E-state index < -0.39 is 10.0 Å². The molecule has 3 fully saturated rings. The number of sulfonamides is 1. The van der Waals surface area contributed by atoms with Crippen molar-refractivity contribution in [3.05, 3.63) is 21.4 Å². The van der Waals surface area contributed by atoms with Gasteiger partial charge in [-0.2, -0.15) is 0 Å². The Bertz CT molecular complexity index is 889. The Morgan fingerprint density at radius 3 is 2.71 bits per heavy atom. The minimum absolute atomic E-state index is 0.106. The van der Waals surface area contributed by atoms with Crippen LogP contribution in [-0.4, -0.2) is 74.9 Å². The summed E-state index contributed by atoms with van der Waals surface area (Å²) in [6, 6.07) is 2.86. The molecule has 0 N–H and O–H groups in total. The van der Waals surface area contributed by atoms with Crippen LogP contribution < -0.4 is 0 Å². The van der Waals surface area contributed by atoms with Crippen molar-refractivity contribution >= 4 is 21.4 Å². The van der Waals surface area contributed by atoms with E-state index in [1.54, 1.807) is 4.31 Å². The van der Waals surface area contributed by atoms with E-state index in [0.717, 1.165) is 45.4 Å². The van der Waals surface area contributed by atoms with E-state index >= 15 is 0 Å². The van der Waals surface area contributed by atoms with Gasteiger partial charge in [0.2, 0.25) is 10.0 Å². The Morgan fingerprint density at radius 1 is 1.23 bits per heavy atom. The van der Waals surface area contributed by atoms with Crippen molar-refractivity contribution in [1.29, 1.82) is 0 Å². The fraction of sp³-hybridized carbons (Fsp3) is 0.826. The number of fused-ring (bicyclic) bond motifs is 2. The van der Waals surface area contributed by atoms with Gasteiger partial charge in [-0.1, -0.05) is 6.92 Å². The minimum Gasteiger partial charge on any atom is -0.381 e. The number of aryl methyl sites for hydroxylation is 1. The Morgan fingerprint density at radius 2 is 2.00 bits per heavy atom. The van der Waals surface area contributed by atoms with Crippen LogP contribution in [0.25, 0.3) is 0 Å². The smallest absolute Gasteiger partial charge is 0.217 e. The molecule has 0 aromatic carbocycles. The predicted octanol–water partition coefficient (Wildman–Crippen LogP) is 3.00. The highest BCUT2D eigenvalue weighted by atomic mass is 32.2. The fourth-order valence-electron chi connectivity index (χ4n) is 5.91. The van der Waals surface area contributed by atoms with Crippen LogP contribution in [0.3, 0.4) is 0 Å². The van der Waals surface area contributed by atoms with Gasteiger partial charge in [0.15, 0.2) is 0 Å². The number of likely N-dealkylation sites (tertiary alicyclic amines) is 1. The summed E-state index contributed by atoms with van der Waals surface area (Å²) in [7, 11) is -3.15. The van der Waals surface area contributed by atoms with E-state index in [0.29, 0.717) is 51.1 Å². The molecule has 174 valence electrons. The third kappa shape index (κ3) is 4.13. The summed E-state index contributed by atoms with van der Waals surface area (Å²) in [5.74, 6) is 0.446. The first-order chi connectivity index (χ1) is 14.9. The molecule has 1 aromatic rings. The number of ether oxygens (including phenoxy) is 2. The molecule has 1 aromatic heterocycles. The van der Waals surface area contributed by atoms with Crippen molar-refractivity contribution in [1.82, 2.24) is 9.21 Å². The first kappa shape index (κ1) is 22.3. The maximum atomic E-state index is 12.9. The summed E-state index contributed by atoms with van der Waals surface area (Å²) in [5, 5.41) is -0.243. The van der Waals surface area contributed by atoms with Gasteiger partial charge in [-0.25, -0.2) is 12.7 Å². The second-order valence-electron chi connectivity index (χ2n) is 9.83. The molecule has 2 atom stereocenters. The van der Waals surface area contributed by atoms with Crippen LogP contribution >= 0.6 is 11.3 Å². The molecule has 0 amide bonds. The molecule has 8 heteroatoms. The van der Waals surface area contributed by atoms with E-state index in [1.807, 2.05) is 11.3 Å². The lowest BCUT2D eigenvalue weighted by Crippen LogP contribution is -2.59. The molecule has 4 aliphatic rings. The van der Waals surface area contributed by atoms with Gasteiger partial charge < -0.3 is 14.4 Å². The topological polar surface area (TPSA) is 59.1 Å². The zero-order chi connectivity index (χ0) is 21.6. The highest BCUT2D eigenvalue weighted by Gasteiger charge is 2.46. The zero-order valence-corrected chi connectivity index (χ0v) is 20.5. The molecular formula is C23H36N2O4S2. The molecule has 5 heterocycles. The highest BCUT2D eigenvalue weighted by Crippen LogP contribution is 2.46. The molecule has 6 nitrogen and oxygen atoms in total. The number of piperidine rings is 1. The second kappa shape index (κ2) is 8.69. The van der Waals surface area contributed by atoms with Crippen molar-refractivity contribution in [2.45, 2.75) is 69.3 Å². The fourth-order valence-corrected chi connectivity index (χ4v) is 9.13. The van der Waals surface area contributed by atoms with Crippen molar-refractivity contribution in [2.24, 2.45) is 5.92 Å². The maximum Gasteiger partial charge on any atom is 0.217 e. The predicted molar refractivity (Wildman–Crippen MR) is 123 cm³/mol. The number of thiophene rings is 1. The number of nitrogens with zero attached hydrogens (tertiary/aromatic N) is 2. The first-order valence-electron chi connectivity index (χ1n) is 12.0. The summed E-state index contributed by atoms with van der Waals surface area (Å²) < 4.78 is 39.2. The normalized spacial score (nSPS) is 31.6. The van der Waals surface area contributed by atoms with Crippen LogP contribution in [0.15, 0.2) is 6.07 Å². The van der Waals surface area contributed by atoms with Crippen LogP contribution in [0, 0.1) is 5.92 Å². The molecule has 4 aliphatic heterocycles. The number of hydrogen-bond acceptors (Lipinski definition) is 6. The average Bonchev–Trinajstić information content (AvgIpc) is 3.17. The third-order valence-electron chi connectivity index (χ3n) is 7.82. The van der Waals surface area contributed by atoms with Gasteiger partial charge in [0.1, 0.15) is 0 Å². The lowest BCUT2D eigenvalue weighted by Gasteiger charge is -2.49. The SMILES string of the molecule is CCc1cc2c(s1)CCO[C@@]21CCN(CC2CN(S(=O)(=O)C3CCOCC3)C2)[C@@H](C)C1. The van der Waals surface area contributed by atoms with E-state index in [9.17, 15) is 8.42 Å². The Kier molecular flexibility index (Phi) is 6.25. The largest absolute Gasteiger partial charge is 0.381 e. The first-order valence-corrected chi connectivity index (χ1v) is 14.3. The molecule has 0 aliphatic carbocycles. The van der Waals surface area contributed by atoms with E-state index in [-0.39, 0.29) is 10.9 Å². The summed E-state index contributed by atoms with van der Waals surface area (Å²) in [6.07, 6.45) is 5.51. The third-order valence-corrected chi connectivity index (χ3v) is 11.5. The van der Waals surface area contributed by atoms with Crippen molar-refractivity contribution in [3.8, 4) is 0 Å². The molecule has 0 radical (unpaired) electrons. The van der Waals surface area contributed by atoms with Gasteiger partial charge in [-0.15, -0.1) is 11.3 Å². The van der Waals surface area contributed by atoms with Crippen molar-refractivity contribution in [2.75, 3.05) is 46.0 Å². The Balaban J connectivity index is 1.18. The average molecular weight is 469 g/mol. The van der Waals surface area contributed by atoms with Gasteiger partial charge in [-0.05, 0) is 56.6 Å². The second-order valence-corrected chi connectivity index (χ2v) is 13.3. The standard InChI is InChI=1S/C23H36N2O4S2/c1-3-19-12-21-22(30-19)6-11-29-23(21)7-8-24(17(2)13-23)14-18-15-25(16-18)31(26,27)20-4-9-28-10-5-20/h12,17-18,20H,3-11,13-16H2,1-2H3/t17-,23+/m0/s1. The lowest BCUT2D eigenvalue weighted by atomic mass is 9.79. The zero-order valence-electron chi connectivity index (χ0n) is 18.8. The van der Waals surface area contributed by atoms with Crippen LogP contribution in [0.4, 0.5) is 0 Å². The highest BCUT2D eigenvalue weighted by molar-refractivity contribution is 7.89. The van der Waals surface area contributed by atoms with E-state index in [4.69, 9.17) is 9.47 Å². The lowest BCUT2D eigenvalue weighted by molar-refractivity contribution is -0.114. The summed E-state index contributed by atoms with van der Waals surface area (Å²) in [5.41, 5.74) is 1.36. The molecule has 5 rings (SSSR count). The Hall–Kier alpha value is -0.510. The molecule has 1 spiro atoms. The quantitative estimate of drug-likeness (QED) is 0.665. The van der Waals surface area contributed by atoms with Gasteiger partial charge in [0.05, 0.1) is 17.5 Å². The van der Waals surface area contributed by atoms with Crippen LogP contribution in [-0.2, 0) is 37.9 Å². The molecule has 3 saturated heterocycles. The monoisotopic (exact) mass is 468 g/mol. The summed E-state index contributed by atoms with van der Waals surface area (Å²) in [6.45, 7) is 9.92.